The highest BCUT2D eigenvalue weighted by Gasteiger charge is 2.33. The molecular formula is C18H22N2O. The van der Waals surface area contributed by atoms with E-state index >= 15 is 0 Å². The van der Waals surface area contributed by atoms with Crippen LogP contribution in [-0.2, 0) is 17.6 Å². The number of likely N-dealkylation sites (N-methyl/N-ethyl adjacent to an activating group) is 1. The number of aromatic amines is 1. The molecule has 3 heteroatoms. The monoisotopic (exact) mass is 282 g/mol. The number of hydrogen-bond acceptors (Lipinski definition) is 1. The van der Waals surface area contributed by atoms with Crippen LogP contribution in [0.15, 0.2) is 24.3 Å². The molecule has 1 unspecified atom stereocenters. The normalized spacial score (nSPS) is 21.9. The van der Waals surface area contributed by atoms with Gasteiger partial charge in [0.05, 0.1) is 0 Å². The fourth-order valence-electron chi connectivity index (χ4n) is 3.80. The first-order valence-corrected chi connectivity index (χ1v) is 8.09. The molecule has 2 aliphatic carbocycles. The number of H-pyrrole nitrogens is 1. The van der Waals surface area contributed by atoms with E-state index in [1.165, 1.54) is 28.6 Å². The standard InChI is InChI=1S/C18H22N2O/c1-20(18(21)12-5-4-6-12)13-9-10-17-15(11-13)14-7-2-3-8-16(14)19-17/h2-3,7-8,12-13,19H,4-6,9-11H2,1H3. The summed E-state index contributed by atoms with van der Waals surface area (Å²) in [6.45, 7) is 0. The third-order valence-corrected chi connectivity index (χ3v) is 5.42. The number of amides is 1. The molecule has 0 aliphatic heterocycles. The van der Waals surface area contributed by atoms with Crippen LogP contribution < -0.4 is 0 Å². The molecule has 0 bridgehead atoms. The van der Waals surface area contributed by atoms with Crippen LogP contribution >= 0.6 is 0 Å². The Labute approximate surface area is 125 Å². The van der Waals surface area contributed by atoms with Crippen molar-refractivity contribution < 1.29 is 4.79 Å². The van der Waals surface area contributed by atoms with Crippen molar-refractivity contribution in [2.45, 2.75) is 44.6 Å². The SMILES string of the molecule is CN(C(=O)C1CCC1)C1CCc2[nH]c3ccccc3c2C1. The van der Waals surface area contributed by atoms with Crippen molar-refractivity contribution >= 4 is 16.8 Å². The minimum atomic E-state index is 0.305. The number of benzene rings is 1. The van der Waals surface area contributed by atoms with E-state index in [4.69, 9.17) is 0 Å². The van der Waals surface area contributed by atoms with Gasteiger partial charge in [-0.3, -0.25) is 4.79 Å². The second kappa shape index (κ2) is 4.90. The van der Waals surface area contributed by atoms with Crippen LogP contribution in [-0.4, -0.2) is 28.9 Å². The number of nitrogens with one attached hydrogen (secondary N) is 1. The Morgan fingerprint density at radius 2 is 2.05 bits per heavy atom. The molecule has 0 spiro atoms. The fourth-order valence-corrected chi connectivity index (χ4v) is 3.80. The third kappa shape index (κ3) is 2.06. The number of rotatable bonds is 2. The van der Waals surface area contributed by atoms with E-state index in [-0.39, 0.29) is 0 Å². The van der Waals surface area contributed by atoms with Crippen molar-refractivity contribution in [2.75, 3.05) is 7.05 Å². The molecule has 2 aliphatic rings. The molecule has 1 heterocycles. The van der Waals surface area contributed by atoms with Gasteiger partial charge < -0.3 is 9.88 Å². The summed E-state index contributed by atoms with van der Waals surface area (Å²) in [7, 11) is 2.01. The molecule has 1 saturated carbocycles. The molecule has 3 nitrogen and oxygen atoms in total. The maximum Gasteiger partial charge on any atom is 0.225 e. The summed E-state index contributed by atoms with van der Waals surface area (Å²) in [5.74, 6) is 0.675. The Balaban J connectivity index is 1.59. The second-order valence-corrected chi connectivity index (χ2v) is 6.60. The lowest BCUT2D eigenvalue weighted by atomic mass is 9.83. The van der Waals surface area contributed by atoms with Crippen LogP contribution in [0, 0.1) is 5.92 Å². The average Bonchev–Trinajstić information content (AvgIpc) is 2.82. The minimum absolute atomic E-state index is 0.305. The van der Waals surface area contributed by atoms with Gasteiger partial charge in [-0.05, 0) is 43.7 Å². The van der Waals surface area contributed by atoms with Gasteiger partial charge in [-0.2, -0.15) is 0 Å². The first kappa shape index (κ1) is 12.9. The smallest absolute Gasteiger partial charge is 0.225 e. The van der Waals surface area contributed by atoms with Crippen LogP contribution in [0.4, 0.5) is 0 Å². The van der Waals surface area contributed by atoms with Crippen molar-refractivity contribution in [1.29, 1.82) is 0 Å². The maximum absolute atomic E-state index is 12.5. The van der Waals surface area contributed by atoms with Gasteiger partial charge in [-0.15, -0.1) is 0 Å². The van der Waals surface area contributed by atoms with E-state index in [1.54, 1.807) is 0 Å². The van der Waals surface area contributed by atoms with Crippen LogP contribution in [0.1, 0.15) is 36.9 Å². The zero-order chi connectivity index (χ0) is 14.4. The molecule has 110 valence electrons. The van der Waals surface area contributed by atoms with E-state index in [0.29, 0.717) is 17.9 Å². The number of carbonyl (C=O) groups excluding carboxylic acids is 1. The molecule has 0 radical (unpaired) electrons. The second-order valence-electron chi connectivity index (χ2n) is 6.60. The summed E-state index contributed by atoms with van der Waals surface area (Å²) in [5.41, 5.74) is 4.03. The molecule has 1 amide bonds. The Bertz CT molecular complexity index is 684. The molecule has 1 atom stereocenters. The van der Waals surface area contributed by atoms with Gasteiger partial charge in [0.15, 0.2) is 0 Å². The molecule has 1 aromatic heterocycles. The van der Waals surface area contributed by atoms with Crippen LogP contribution in [0.25, 0.3) is 10.9 Å². The van der Waals surface area contributed by atoms with Crippen molar-refractivity contribution in [3.63, 3.8) is 0 Å². The number of nitrogens with zero attached hydrogens (tertiary/aromatic N) is 1. The van der Waals surface area contributed by atoms with E-state index in [0.717, 1.165) is 32.1 Å². The summed E-state index contributed by atoms with van der Waals surface area (Å²) in [4.78, 5) is 18.0. The topological polar surface area (TPSA) is 36.1 Å². The molecule has 4 rings (SSSR count). The van der Waals surface area contributed by atoms with E-state index in [9.17, 15) is 4.79 Å². The van der Waals surface area contributed by atoms with Crippen molar-refractivity contribution in [1.82, 2.24) is 9.88 Å². The Hall–Kier alpha value is -1.77. The number of fused-ring (bicyclic) bond motifs is 3. The summed E-state index contributed by atoms with van der Waals surface area (Å²) < 4.78 is 0. The van der Waals surface area contributed by atoms with E-state index < -0.39 is 0 Å². The predicted molar refractivity (Wildman–Crippen MR) is 84.2 cm³/mol. The van der Waals surface area contributed by atoms with Crippen LogP contribution in [0.5, 0.6) is 0 Å². The number of carbonyl (C=O) groups is 1. The van der Waals surface area contributed by atoms with Gasteiger partial charge >= 0.3 is 0 Å². The predicted octanol–water partition coefficient (Wildman–Crippen LogP) is 3.28. The molecular weight excluding hydrogens is 260 g/mol. The van der Waals surface area contributed by atoms with Gasteiger partial charge in [0.2, 0.25) is 5.91 Å². The summed E-state index contributed by atoms with van der Waals surface area (Å²) in [6.07, 6.45) is 6.53. The Morgan fingerprint density at radius 3 is 2.81 bits per heavy atom. The van der Waals surface area contributed by atoms with E-state index in [2.05, 4.69) is 29.2 Å². The summed E-state index contributed by atoms with van der Waals surface area (Å²) in [5, 5.41) is 1.33. The Morgan fingerprint density at radius 1 is 1.24 bits per heavy atom. The van der Waals surface area contributed by atoms with Crippen molar-refractivity contribution in [2.24, 2.45) is 5.92 Å². The number of aromatic nitrogens is 1. The quantitative estimate of drug-likeness (QED) is 0.901. The maximum atomic E-state index is 12.5. The fraction of sp³-hybridized carbons (Fsp3) is 0.500. The number of para-hydroxylation sites is 1. The minimum Gasteiger partial charge on any atom is -0.358 e. The third-order valence-electron chi connectivity index (χ3n) is 5.42. The van der Waals surface area contributed by atoms with Crippen LogP contribution in [0.2, 0.25) is 0 Å². The van der Waals surface area contributed by atoms with Gasteiger partial charge in [0.1, 0.15) is 0 Å². The molecule has 0 saturated heterocycles. The highest BCUT2D eigenvalue weighted by atomic mass is 16.2. The van der Waals surface area contributed by atoms with Gasteiger partial charge in [0, 0.05) is 35.6 Å². The highest BCUT2D eigenvalue weighted by molar-refractivity contribution is 5.85. The first-order chi connectivity index (χ1) is 10.2. The van der Waals surface area contributed by atoms with Gasteiger partial charge in [-0.25, -0.2) is 0 Å². The summed E-state index contributed by atoms with van der Waals surface area (Å²) >= 11 is 0. The van der Waals surface area contributed by atoms with Crippen molar-refractivity contribution in [3.8, 4) is 0 Å². The first-order valence-electron chi connectivity index (χ1n) is 8.09. The molecule has 1 N–H and O–H groups in total. The number of aryl methyl sites for hydroxylation is 1. The van der Waals surface area contributed by atoms with Crippen LogP contribution in [0.3, 0.4) is 0 Å². The van der Waals surface area contributed by atoms with Gasteiger partial charge in [0.25, 0.3) is 0 Å². The average molecular weight is 282 g/mol. The lowest BCUT2D eigenvalue weighted by Crippen LogP contribution is -2.44. The largest absolute Gasteiger partial charge is 0.358 e. The molecule has 1 aromatic carbocycles. The highest BCUT2D eigenvalue weighted by Crippen LogP contribution is 2.33. The van der Waals surface area contributed by atoms with Gasteiger partial charge in [-0.1, -0.05) is 24.6 Å². The summed E-state index contributed by atoms with van der Waals surface area (Å²) in [6, 6.07) is 8.88. The molecule has 21 heavy (non-hydrogen) atoms. The lowest BCUT2D eigenvalue weighted by Gasteiger charge is -2.36. The Kier molecular flexibility index (Phi) is 3.02. The van der Waals surface area contributed by atoms with Crippen molar-refractivity contribution in [3.05, 3.63) is 35.5 Å². The molecule has 1 fully saturated rings. The zero-order valence-corrected chi connectivity index (χ0v) is 12.6. The molecule has 2 aromatic rings. The van der Waals surface area contributed by atoms with E-state index in [1.807, 2.05) is 11.9 Å². The zero-order valence-electron chi connectivity index (χ0n) is 12.6. The lowest BCUT2D eigenvalue weighted by molar-refractivity contribution is -0.139. The number of hydrogen-bond donors (Lipinski definition) is 1.